The van der Waals surface area contributed by atoms with Crippen LogP contribution in [0, 0.1) is 27.7 Å². The predicted molar refractivity (Wildman–Crippen MR) is 125 cm³/mol. The molecule has 3 rings (SSSR count). The smallest absolute Gasteiger partial charge is 0.240 e. The summed E-state index contributed by atoms with van der Waals surface area (Å²) < 4.78 is 33.3. The molecule has 2 aromatic heterocycles. The summed E-state index contributed by atoms with van der Waals surface area (Å²) in [6.07, 6.45) is 1.73. The molecule has 2 heterocycles. The van der Waals surface area contributed by atoms with Crippen molar-refractivity contribution in [2.45, 2.75) is 32.6 Å². The Morgan fingerprint density at radius 1 is 0.906 bits per heavy atom. The molecule has 0 unspecified atom stereocenters. The van der Waals surface area contributed by atoms with Gasteiger partial charge in [-0.3, -0.25) is 0 Å². The normalized spacial score (nSPS) is 11.3. The van der Waals surface area contributed by atoms with Gasteiger partial charge in [-0.05, 0) is 68.7 Å². The number of aromatic nitrogens is 3. The molecule has 0 atom stereocenters. The first-order chi connectivity index (χ1) is 15.2. The lowest BCUT2D eigenvalue weighted by Gasteiger charge is -2.13. The van der Waals surface area contributed by atoms with Crippen LogP contribution in [0.1, 0.15) is 22.5 Å². The summed E-state index contributed by atoms with van der Waals surface area (Å²) in [7, 11) is -2.09. The van der Waals surface area contributed by atoms with E-state index in [0.717, 1.165) is 11.1 Å². The summed E-state index contributed by atoms with van der Waals surface area (Å²) in [5.41, 5.74) is 2.47. The number of nitrogens with one attached hydrogen (secondary N) is 3. The number of methoxy groups -OCH3 is 1. The van der Waals surface area contributed by atoms with Crippen LogP contribution in [0.4, 0.5) is 17.5 Å². The van der Waals surface area contributed by atoms with E-state index in [1.54, 1.807) is 45.4 Å². The molecule has 0 aliphatic rings. The van der Waals surface area contributed by atoms with E-state index in [-0.39, 0.29) is 11.4 Å². The maximum absolute atomic E-state index is 12.7. The minimum atomic E-state index is -3.65. The number of hydrogen-bond donors (Lipinski definition) is 3. The second kappa shape index (κ2) is 9.92. The Hall–Kier alpha value is -3.24. The summed E-state index contributed by atoms with van der Waals surface area (Å²) in [6.45, 7) is 7.88. The van der Waals surface area contributed by atoms with Gasteiger partial charge in [-0.15, -0.1) is 0 Å². The predicted octanol–water partition coefficient (Wildman–Crippen LogP) is 3.25. The summed E-state index contributed by atoms with van der Waals surface area (Å²) >= 11 is 0. The molecule has 0 saturated heterocycles. The van der Waals surface area contributed by atoms with Gasteiger partial charge in [-0.1, -0.05) is 0 Å². The van der Waals surface area contributed by atoms with Crippen molar-refractivity contribution in [1.82, 2.24) is 19.7 Å². The van der Waals surface area contributed by atoms with Crippen molar-refractivity contribution in [2.75, 3.05) is 30.8 Å². The fourth-order valence-electron chi connectivity index (χ4n) is 3.18. The van der Waals surface area contributed by atoms with Crippen LogP contribution in [0.15, 0.2) is 41.4 Å². The highest BCUT2D eigenvalue weighted by Crippen LogP contribution is 2.25. The Bertz CT molecular complexity index is 1210. The van der Waals surface area contributed by atoms with E-state index in [1.807, 2.05) is 26.0 Å². The SMILES string of the molecule is COc1cc(C)c(S(=O)(=O)NCCNc2cc(Nc3cc(C)ccn3)nc(C)n2)cc1C. The monoisotopic (exact) mass is 456 g/mol. The van der Waals surface area contributed by atoms with Gasteiger partial charge in [0.05, 0.1) is 12.0 Å². The lowest BCUT2D eigenvalue weighted by Crippen LogP contribution is -2.29. The van der Waals surface area contributed by atoms with Crippen LogP contribution in [0.2, 0.25) is 0 Å². The van der Waals surface area contributed by atoms with Crippen molar-refractivity contribution in [2.24, 2.45) is 0 Å². The molecule has 170 valence electrons. The van der Waals surface area contributed by atoms with Crippen molar-refractivity contribution >= 4 is 27.5 Å². The number of ether oxygens (including phenoxy) is 1. The third kappa shape index (κ3) is 5.92. The highest BCUT2D eigenvalue weighted by molar-refractivity contribution is 7.89. The molecule has 0 saturated carbocycles. The highest BCUT2D eigenvalue weighted by Gasteiger charge is 2.18. The van der Waals surface area contributed by atoms with Gasteiger partial charge in [0.25, 0.3) is 0 Å². The van der Waals surface area contributed by atoms with Crippen LogP contribution in [-0.2, 0) is 10.0 Å². The third-order valence-corrected chi connectivity index (χ3v) is 6.32. The molecule has 0 aliphatic heterocycles. The first-order valence-electron chi connectivity index (χ1n) is 10.1. The molecule has 10 heteroatoms. The molecule has 0 spiro atoms. The van der Waals surface area contributed by atoms with Gasteiger partial charge in [0, 0.05) is 25.4 Å². The van der Waals surface area contributed by atoms with Crippen molar-refractivity contribution < 1.29 is 13.2 Å². The fourth-order valence-corrected chi connectivity index (χ4v) is 4.53. The first kappa shape index (κ1) is 23.4. The summed E-state index contributed by atoms with van der Waals surface area (Å²) in [5.74, 6) is 3.11. The molecule has 0 fully saturated rings. The van der Waals surface area contributed by atoms with Gasteiger partial charge < -0.3 is 15.4 Å². The average Bonchev–Trinajstić information content (AvgIpc) is 2.72. The standard InChI is InChI=1S/C22H28N6O3S/c1-14-6-7-23-20(10-14)28-22-13-21(26-17(4)27-22)24-8-9-25-32(29,30)19-12-15(2)18(31-5)11-16(19)3/h6-7,10-13,25H,8-9H2,1-5H3,(H2,23,24,26,27,28). The van der Waals surface area contributed by atoms with E-state index in [4.69, 9.17) is 4.74 Å². The summed E-state index contributed by atoms with van der Waals surface area (Å²) in [4.78, 5) is 13.2. The zero-order valence-corrected chi connectivity index (χ0v) is 19.7. The fraction of sp³-hybridized carbons (Fsp3) is 0.318. The number of sulfonamides is 1. The Morgan fingerprint density at radius 2 is 1.66 bits per heavy atom. The van der Waals surface area contributed by atoms with Crippen LogP contribution in [0.5, 0.6) is 5.75 Å². The summed E-state index contributed by atoms with van der Waals surface area (Å²) in [6, 6.07) is 8.93. The van der Waals surface area contributed by atoms with E-state index >= 15 is 0 Å². The van der Waals surface area contributed by atoms with Crippen LogP contribution < -0.4 is 20.1 Å². The highest BCUT2D eigenvalue weighted by atomic mass is 32.2. The number of hydrogen-bond acceptors (Lipinski definition) is 8. The van der Waals surface area contributed by atoms with Gasteiger partial charge in [0.15, 0.2) is 0 Å². The van der Waals surface area contributed by atoms with Gasteiger partial charge in [0.2, 0.25) is 10.0 Å². The molecule has 3 aromatic rings. The molecule has 3 N–H and O–H groups in total. The van der Waals surface area contributed by atoms with Crippen LogP contribution in [0.25, 0.3) is 0 Å². The second-order valence-electron chi connectivity index (χ2n) is 7.44. The van der Waals surface area contributed by atoms with Gasteiger partial charge >= 0.3 is 0 Å². The maximum atomic E-state index is 12.7. The van der Waals surface area contributed by atoms with Crippen LogP contribution >= 0.6 is 0 Å². The number of benzene rings is 1. The number of pyridine rings is 1. The molecule has 0 amide bonds. The van der Waals surface area contributed by atoms with Crippen LogP contribution in [0.3, 0.4) is 0 Å². The van der Waals surface area contributed by atoms with Gasteiger partial charge in [0.1, 0.15) is 29.0 Å². The van der Waals surface area contributed by atoms with Crippen molar-refractivity contribution in [3.63, 3.8) is 0 Å². The van der Waals surface area contributed by atoms with Crippen molar-refractivity contribution in [3.05, 3.63) is 59.0 Å². The van der Waals surface area contributed by atoms with Crippen LogP contribution in [-0.4, -0.2) is 43.6 Å². The molecular weight excluding hydrogens is 428 g/mol. The topological polar surface area (TPSA) is 118 Å². The second-order valence-corrected chi connectivity index (χ2v) is 9.18. The molecule has 0 bridgehead atoms. The maximum Gasteiger partial charge on any atom is 0.240 e. The third-order valence-electron chi connectivity index (χ3n) is 4.71. The molecule has 0 aliphatic carbocycles. The van der Waals surface area contributed by atoms with E-state index in [9.17, 15) is 8.42 Å². The Kier molecular flexibility index (Phi) is 7.26. The number of anilines is 3. The first-order valence-corrected chi connectivity index (χ1v) is 11.6. The van der Waals surface area contributed by atoms with E-state index in [1.165, 1.54) is 0 Å². The largest absolute Gasteiger partial charge is 0.496 e. The summed E-state index contributed by atoms with van der Waals surface area (Å²) in [5, 5.41) is 6.29. The van der Waals surface area contributed by atoms with E-state index < -0.39 is 10.0 Å². The lowest BCUT2D eigenvalue weighted by molar-refractivity contribution is 0.411. The van der Waals surface area contributed by atoms with Gasteiger partial charge in [-0.25, -0.2) is 28.1 Å². The minimum Gasteiger partial charge on any atom is -0.496 e. The Balaban J connectivity index is 1.62. The van der Waals surface area contributed by atoms with Crippen molar-refractivity contribution in [1.29, 1.82) is 0 Å². The molecule has 1 aromatic carbocycles. The average molecular weight is 457 g/mol. The van der Waals surface area contributed by atoms with E-state index in [0.29, 0.717) is 41.1 Å². The number of rotatable bonds is 9. The molecular formula is C22H28N6O3S. The van der Waals surface area contributed by atoms with Gasteiger partial charge in [-0.2, -0.15) is 0 Å². The molecule has 32 heavy (non-hydrogen) atoms. The minimum absolute atomic E-state index is 0.193. The zero-order valence-electron chi connectivity index (χ0n) is 18.9. The molecule has 9 nitrogen and oxygen atoms in total. The number of aryl methyl sites for hydroxylation is 4. The quantitative estimate of drug-likeness (QED) is 0.420. The van der Waals surface area contributed by atoms with Crippen molar-refractivity contribution in [3.8, 4) is 5.75 Å². The Morgan fingerprint density at radius 3 is 2.38 bits per heavy atom. The lowest BCUT2D eigenvalue weighted by atomic mass is 10.1. The molecule has 0 radical (unpaired) electrons. The zero-order chi connectivity index (χ0) is 23.3. The van der Waals surface area contributed by atoms with E-state index in [2.05, 4.69) is 30.3 Å². The Labute approximate surface area is 188 Å². The number of nitrogens with zero attached hydrogens (tertiary/aromatic N) is 3.